The fraction of sp³-hybridized carbons (Fsp3) is 0.400. The van der Waals surface area contributed by atoms with Gasteiger partial charge in [0.25, 0.3) is 0 Å². The molecule has 0 aliphatic carbocycles. The van der Waals surface area contributed by atoms with Crippen LogP contribution < -0.4 is 4.74 Å². The average Bonchev–Trinajstić information content (AvgIpc) is 3.00. The van der Waals surface area contributed by atoms with E-state index >= 15 is 0 Å². The SMILES string of the molecule is COc1ccc2[nH]c3c(c2c1)C1CCN(C1)C3C(=O)O.Cl. The lowest BCUT2D eigenvalue weighted by Crippen LogP contribution is -2.35. The standard InChI is InChI=1S/C15H16N2O3.ClH/c1-20-9-2-3-11-10(6-9)12-8-4-5-17(7-8)14(15(18)19)13(12)16-11;/h2-3,6,8,14,16H,4-5,7H2,1H3,(H,18,19);1H. The van der Waals surface area contributed by atoms with Gasteiger partial charge < -0.3 is 14.8 Å². The predicted octanol–water partition coefficient (Wildman–Crippen LogP) is 2.53. The van der Waals surface area contributed by atoms with Crippen molar-refractivity contribution < 1.29 is 14.6 Å². The number of aromatic amines is 1. The number of hydrogen-bond acceptors (Lipinski definition) is 3. The summed E-state index contributed by atoms with van der Waals surface area (Å²) in [6.45, 7) is 1.70. The molecule has 4 rings (SSSR count). The van der Waals surface area contributed by atoms with E-state index in [1.807, 2.05) is 18.2 Å². The summed E-state index contributed by atoms with van der Waals surface area (Å²) in [5, 5.41) is 10.7. The number of benzene rings is 1. The van der Waals surface area contributed by atoms with Crippen molar-refractivity contribution in [2.75, 3.05) is 20.2 Å². The number of carboxylic acids is 1. The molecule has 3 atom stereocenters. The Balaban J connectivity index is 0.00000132. The summed E-state index contributed by atoms with van der Waals surface area (Å²) in [4.78, 5) is 17.0. The zero-order chi connectivity index (χ0) is 13.9. The van der Waals surface area contributed by atoms with Crippen LogP contribution in [0.5, 0.6) is 5.75 Å². The van der Waals surface area contributed by atoms with Gasteiger partial charge in [-0.2, -0.15) is 0 Å². The second-order valence-electron chi connectivity index (χ2n) is 5.59. The number of H-pyrrole nitrogens is 1. The van der Waals surface area contributed by atoms with Gasteiger partial charge in [0.1, 0.15) is 11.8 Å². The van der Waals surface area contributed by atoms with E-state index in [1.54, 1.807) is 7.11 Å². The van der Waals surface area contributed by atoms with Crippen molar-refractivity contribution in [2.24, 2.45) is 0 Å². The third kappa shape index (κ3) is 1.92. The number of methoxy groups -OCH3 is 1. The third-order valence-corrected chi connectivity index (χ3v) is 4.58. The van der Waals surface area contributed by atoms with Crippen LogP contribution >= 0.6 is 12.4 Å². The molecule has 0 radical (unpaired) electrons. The Morgan fingerprint density at radius 1 is 1.48 bits per heavy atom. The average molecular weight is 309 g/mol. The molecule has 0 amide bonds. The second-order valence-corrected chi connectivity index (χ2v) is 5.59. The first kappa shape index (κ1) is 14.2. The van der Waals surface area contributed by atoms with E-state index in [0.717, 1.165) is 41.9 Å². The topological polar surface area (TPSA) is 65.6 Å². The van der Waals surface area contributed by atoms with Gasteiger partial charge in [0, 0.05) is 29.1 Å². The molecule has 112 valence electrons. The summed E-state index contributed by atoms with van der Waals surface area (Å²) in [6.07, 6.45) is 1.03. The van der Waals surface area contributed by atoms with E-state index in [2.05, 4.69) is 9.88 Å². The van der Waals surface area contributed by atoms with Gasteiger partial charge in [-0.05, 0) is 36.7 Å². The summed E-state index contributed by atoms with van der Waals surface area (Å²) in [5.74, 6) is 0.471. The number of hydrogen-bond donors (Lipinski definition) is 2. The van der Waals surface area contributed by atoms with Gasteiger partial charge >= 0.3 is 5.97 Å². The molecule has 3 heterocycles. The summed E-state index contributed by atoms with van der Waals surface area (Å²) in [6, 6.07) is 5.34. The molecule has 1 aromatic carbocycles. The highest BCUT2D eigenvalue weighted by molar-refractivity contribution is 5.90. The summed E-state index contributed by atoms with van der Waals surface area (Å²) >= 11 is 0. The second kappa shape index (κ2) is 4.93. The summed E-state index contributed by atoms with van der Waals surface area (Å²) in [5.41, 5.74) is 3.03. The number of aliphatic carboxylic acids is 1. The fourth-order valence-corrected chi connectivity index (χ4v) is 3.71. The molecule has 2 aliphatic heterocycles. The molecule has 6 heteroatoms. The highest BCUT2D eigenvalue weighted by Crippen LogP contribution is 2.46. The Kier molecular flexibility index (Phi) is 3.34. The van der Waals surface area contributed by atoms with Gasteiger partial charge in [-0.25, -0.2) is 0 Å². The van der Waals surface area contributed by atoms with E-state index in [4.69, 9.17) is 4.74 Å². The third-order valence-electron chi connectivity index (χ3n) is 4.58. The maximum atomic E-state index is 11.6. The van der Waals surface area contributed by atoms with E-state index in [1.165, 1.54) is 5.56 Å². The first-order valence-electron chi connectivity index (χ1n) is 6.85. The maximum Gasteiger partial charge on any atom is 0.327 e. The van der Waals surface area contributed by atoms with Crippen LogP contribution in [0.3, 0.4) is 0 Å². The number of nitrogens with zero attached hydrogens (tertiary/aromatic N) is 1. The van der Waals surface area contributed by atoms with Gasteiger partial charge in [-0.3, -0.25) is 9.69 Å². The first-order chi connectivity index (χ1) is 9.69. The van der Waals surface area contributed by atoms with Gasteiger partial charge in [0.05, 0.1) is 7.11 Å². The number of fused-ring (bicyclic) bond motifs is 6. The van der Waals surface area contributed by atoms with Crippen molar-refractivity contribution >= 4 is 29.3 Å². The Labute approximate surface area is 128 Å². The Morgan fingerprint density at radius 2 is 2.29 bits per heavy atom. The molecule has 1 aromatic heterocycles. The van der Waals surface area contributed by atoms with E-state index in [0.29, 0.717) is 5.92 Å². The lowest BCUT2D eigenvalue weighted by molar-refractivity contribution is -0.143. The molecule has 0 spiro atoms. The predicted molar refractivity (Wildman–Crippen MR) is 81.4 cm³/mol. The van der Waals surface area contributed by atoms with Crippen molar-refractivity contribution in [3.05, 3.63) is 29.5 Å². The lowest BCUT2D eigenvalue weighted by Gasteiger charge is -2.29. The summed E-state index contributed by atoms with van der Waals surface area (Å²) < 4.78 is 5.30. The minimum absolute atomic E-state index is 0. The normalized spacial score (nSPS) is 26.2. The number of halogens is 1. The first-order valence-corrected chi connectivity index (χ1v) is 6.85. The van der Waals surface area contributed by atoms with Crippen molar-refractivity contribution in [3.8, 4) is 5.75 Å². The number of aromatic nitrogens is 1. The summed E-state index contributed by atoms with van der Waals surface area (Å²) in [7, 11) is 1.65. The molecular formula is C15H17ClN2O3. The van der Waals surface area contributed by atoms with Crippen LogP contribution in [-0.4, -0.2) is 41.2 Å². The Bertz CT molecular complexity index is 712. The number of carboxylic acid groups (broad SMARTS) is 1. The van der Waals surface area contributed by atoms with Crippen LogP contribution in [0.15, 0.2) is 18.2 Å². The zero-order valence-corrected chi connectivity index (χ0v) is 12.4. The fourth-order valence-electron chi connectivity index (χ4n) is 3.71. The van der Waals surface area contributed by atoms with Crippen LogP contribution in [0, 0.1) is 0 Å². The smallest absolute Gasteiger partial charge is 0.327 e. The Hall–Kier alpha value is -1.72. The molecule has 1 saturated heterocycles. The van der Waals surface area contributed by atoms with E-state index in [9.17, 15) is 9.90 Å². The molecule has 2 bridgehead atoms. The van der Waals surface area contributed by atoms with Crippen molar-refractivity contribution in [1.82, 2.24) is 9.88 Å². The minimum Gasteiger partial charge on any atom is -0.497 e. The van der Waals surface area contributed by atoms with Gasteiger partial charge in [-0.15, -0.1) is 12.4 Å². The molecule has 1 fully saturated rings. The van der Waals surface area contributed by atoms with Gasteiger partial charge in [0.15, 0.2) is 0 Å². The largest absolute Gasteiger partial charge is 0.497 e. The highest BCUT2D eigenvalue weighted by atomic mass is 35.5. The van der Waals surface area contributed by atoms with Crippen LogP contribution in [0.4, 0.5) is 0 Å². The molecule has 21 heavy (non-hydrogen) atoms. The van der Waals surface area contributed by atoms with Crippen molar-refractivity contribution in [2.45, 2.75) is 18.4 Å². The van der Waals surface area contributed by atoms with Gasteiger partial charge in [-0.1, -0.05) is 0 Å². The lowest BCUT2D eigenvalue weighted by atomic mass is 9.90. The van der Waals surface area contributed by atoms with Crippen LogP contribution in [0.2, 0.25) is 0 Å². The molecular weight excluding hydrogens is 292 g/mol. The van der Waals surface area contributed by atoms with Crippen LogP contribution in [-0.2, 0) is 4.79 Å². The number of carbonyl (C=O) groups is 1. The molecule has 2 aromatic rings. The van der Waals surface area contributed by atoms with Crippen molar-refractivity contribution in [1.29, 1.82) is 0 Å². The molecule has 5 nitrogen and oxygen atoms in total. The maximum absolute atomic E-state index is 11.6. The monoisotopic (exact) mass is 308 g/mol. The highest BCUT2D eigenvalue weighted by Gasteiger charge is 2.43. The van der Waals surface area contributed by atoms with Gasteiger partial charge in [0.2, 0.25) is 0 Å². The molecule has 2 N–H and O–H groups in total. The number of nitrogens with one attached hydrogen (secondary N) is 1. The molecule has 2 aliphatic rings. The minimum atomic E-state index is -0.773. The molecule has 0 saturated carbocycles. The number of rotatable bonds is 2. The van der Waals surface area contributed by atoms with E-state index < -0.39 is 12.0 Å². The number of ether oxygens (including phenoxy) is 1. The van der Waals surface area contributed by atoms with Crippen LogP contribution in [0.25, 0.3) is 10.9 Å². The van der Waals surface area contributed by atoms with Crippen LogP contribution in [0.1, 0.15) is 29.6 Å². The Morgan fingerprint density at radius 3 is 3.00 bits per heavy atom. The van der Waals surface area contributed by atoms with Crippen molar-refractivity contribution in [3.63, 3.8) is 0 Å². The molecule has 3 unspecified atom stereocenters. The zero-order valence-electron chi connectivity index (χ0n) is 11.6. The quantitative estimate of drug-likeness (QED) is 0.895. The van der Waals surface area contributed by atoms with E-state index in [-0.39, 0.29) is 12.4 Å².